The van der Waals surface area contributed by atoms with Gasteiger partial charge in [-0.05, 0) is 37.4 Å². The van der Waals surface area contributed by atoms with Gasteiger partial charge in [0.25, 0.3) is 11.1 Å². The van der Waals surface area contributed by atoms with E-state index in [1.807, 2.05) is 4.90 Å². The predicted octanol–water partition coefficient (Wildman–Crippen LogP) is 4.38. The third kappa shape index (κ3) is 4.87. The van der Waals surface area contributed by atoms with Gasteiger partial charge in [-0.2, -0.15) is 0 Å². The van der Waals surface area contributed by atoms with Crippen molar-refractivity contribution < 1.29 is 32.3 Å². The van der Waals surface area contributed by atoms with Gasteiger partial charge in [0.05, 0.1) is 24.5 Å². The van der Waals surface area contributed by atoms with Crippen molar-refractivity contribution in [2.75, 3.05) is 55.3 Å². The minimum absolute atomic E-state index is 0.0621. The van der Waals surface area contributed by atoms with Gasteiger partial charge in [0.2, 0.25) is 0 Å². The molecule has 2 aliphatic rings. The van der Waals surface area contributed by atoms with Crippen molar-refractivity contribution in [3.63, 3.8) is 0 Å². The third-order valence-corrected chi connectivity index (χ3v) is 7.31. The molecule has 0 aliphatic carbocycles. The van der Waals surface area contributed by atoms with E-state index in [4.69, 9.17) is 9.15 Å². The number of furan rings is 1. The van der Waals surface area contributed by atoms with Crippen LogP contribution in [0, 0.1) is 18.6 Å². The minimum atomic E-state index is -0.603. The van der Waals surface area contributed by atoms with Crippen LogP contribution in [-0.2, 0) is 4.74 Å². The first-order chi connectivity index (χ1) is 18.3. The molecule has 0 spiro atoms. The molecule has 2 fully saturated rings. The van der Waals surface area contributed by atoms with E-state index in [2.05, 4.69) is 5.32 Å². The zero-order chi connectivity index (χ0) is 27.0. The van der Waals surface area contributed by atoms with Gasteiger partial charge < -0.3 is 24.3 Å². The molecule has 3 heterocycles. The molecule has 38 heavy (non-hydrogen) atoms. The second-order valence-electron chi connectivity index (χ2n) is 9.08. The van der Waals surface area contributed by atoms with Crippen LogP contribution in [0.3, 0.4) is 0 Å². The molecule has 1 aromatic heterocycles. The average molecular weight is 545 g/mol. The molecule has 2 saturated heterocycles. The van der Waals surface area contributed by atoms with Gasteiger partial charge >= 0.3 is 6.09 Å². The van der Waals surface area contributed by atoms with E-state index in [9.17, 15) is 18.8 Å². The van der Waals surface area contributed by atoms with E-state index in [0.29, 0.717) is 48.5 Å². The van der Waals surface area contributed by atoms with Crippen LogP contribution in [-0.4, -0.2) is 73.8 Å². The minimum Gasteiger partial charge on any atom is -0.448 e. The summed E-state index contributed by atoms with van der Waals surface area (Å²) >= 11 is 1.03. The van der Waals surface area contributed by atoms with E-state index in [1.54, 1.807) is 42.3 Å². The Morgan fingerprint density at radius 1 is 1.11 bits per heavy atom. The summed E-state index contributed by atoms with van der Waals surface area (Å²) in [5.41, 5.74) is 1.37. The number of nitrogens with zero attached hydrogens (tertiary/aromatic N) is 3. The van der Waals surface area contributed by atoms with Gasteiger partial charge in [0.15, 0.2) is 17.2 Å². The van der Waals surface area contributed by atoms with Crippen LogP contribution in [0.4, 0.5) is 29.7 Å². The van der Waals surface area contributed by atoms with Crippen LogP contribution < -0.4 is 15.1 Å². The molecule has 3 amide bonds. The van der Waals surface area contributed by atoms with Gasteiger partial charge in [0.1, 0.15) is 11.9 Å². The molecular weight excluding hydrogens is 518 g/mol. The molecule has 0 unspecified atom stereocenters. The number of anilines is 2. The second kappa shape index (κ2) is 10.5. The summed E-state index contributed by atoms with van der Waals surface area (Å²) < 4.78 is 40.1. The summed E-state index contributed by atoms with van der Waals surface area (Å²) in [6.07, 6.45) is 0.515. The maximum Gasteiger partial charge on any atom is 0.414 e. The van der Waals surface area contributed by atoms with Crippen LogP contribution in [0.5, 0.6) is 0 Å². The molecule has 1 atom stereocenters. The number of ether oxygens (including phenoxy) is 1. The first kappa shape index (κ1) is 25.8. The Kier molecular flexibility index (Phi) is 7.15. The molecule has 0 radical (unpaired) electrons. The number of halogens is 2. The van der Waals surface area contributed by atoms with Crippen molar-refractivity contribution in [1.82, 2.24) is 10.2 Å². The normalized spacial score (nSPS) is 17.7. The van der Waals surface area contributed by atoms with Gasteiger partial charge in [-0.15, -0.1) is 0 Å². The number of amides is 3. The lowest BCUT2D eigenvalue weighted by Crippen LogP contribution is -2.49. The van der Waals surface area contributed by atoms with E-state index in [1.165, 1.54) is 17.0 Å². The van der Waals surface area contributed by atoms with Crippen molar-refractivity contribution in [2.45, 2.75) is 13.0 Å². The number of para-hydroxylation sites is 1. The Morgan fingerprint density at radius 2 is 1.87 bits per heavy atom. The number of piperazine rings is 1. The van der Waals surface area contributed by atoms with Crippen LogP contribution >= 0.6 is 11.8 Å². The van der Waals surface area contributed by atoms with Crippen molar-refractivity contribution in [2.24, 2.45) is 0 Å². The quantitative estimate of drug-likeness (QED) is 0.509. The largest absolute Gasteiger partial charge is 0.448 e. The highest BCUT2D eigenvalue weighted by molar-refractivity contribution is 8.12. The van der Waals surface area contributed by atoms with Gasteiger partial charge in [0, 0.05) is 37.1 Å². The van der Waals surface area contributed by atoms with Crippen LogP contribution in [0.1, 0.15) is 16.1 Å². The lowest BCUT2D eigenvalue weighted by atomic mass is 10.1. The third-order valence-electron chi connectivity index (χ3n) is 6.79. The number of benzene rings is 2. The Balaban J connectivity index is 1.22. The summed E-state index contributed by atoms with van der Waals surface area (Å²) in [6, 6.07) is 9.10. The highest BCUT2D eigenvalue weighted by atomic mass is 32.2. The van der Waals surface area contributed by atoms with E-state index >= 15 is 4.39 Å². The summed E-state index contributed by atoms with van der Waals surface area (Å²) in [6.45, 7) is 3.54. The number of fused-ring (bicyclic) bond motifs is 1. The molecule has 9 nitrogen and oxygen atoms in total. The smallest absolute Gasteiger partial charge is 0.414 e. The van der Waals surface area contributed by atoms with E-state index < -0.39 is 23.8 Å². The van der Waals surface area contributed by atoms with Gasteiger partial charge in [-0.3, -0.25) is 14.5 Å². The topological polar surface area (TPSA) is 95.3 Å². The molecule has 2 aliphatic heterocycles. The van der Waals surface area contributed by atoms with Crippen LogP contribution in [0.25, 0.3) is 11.0 Å². The maximum atomic E-state index is 15.1. The molecule has 0 saturated carbocycles. The van der Waals surface area contributed by atoms with Gasteiger partial charge in [-0.25, -0.2) is 13.6 Å². The summed E-state index contributed by atoms with van der Waals surface area (Å²) in [5, 5.41) is 2.99. The Labute approximate surface area is 221 Å². The number of carbonyl (C=O) groups is 3. The van der Waals surface area contributed by atoms with Crippen molar-refractivity contribution in [1.29, 1.82) is 0 Å². The summed E-state index contributed by atoms with van der Waals surface area (Å²) in [4.78, 5) is 41.6. The molecule has 0 bridgehead atoms. The number of rotatable bonds is 5. The number of cyclic esters (lactones) is 1. The number of hydrogen-bond donors (Lipinski definition) is 1. The zero-order valence-electron chi connectivity index (χ0n) is 20.8. The molecule has 1 N–H and O–H groups in total. The number of aryl methyl sites for hydroxylation is 1. The van der Waals surface area contributed by atoms with Crippen molar-refractivity contribution >= 4 is 51.3 Å². The summed E-state index contributed by atoms with van der Waals surface area (Å²) in [7, 11) is 0. The number of thioether (sulfide) groups is 1. The number of nitrogens with one attached hydrogen (secondary N) is 1. The molecular formula is C26H26F2N4O5S. The van der Waals surface area contributed by atoms with Crippen LogP contribution in [0.15, 0.2) is 40.8 Å². The van der Waals surface area contributed by atoms with E-state index in [0.717, 1.165) is 11.8 Å². The summed E-state index contributed by atoms with van der Waals surface area (Å²) in [5.74, 6) is -1.24. The SMILES string of the molecule is CSC(=O)NC[C@H]1CN(c2ccc(N3CCN(C(=O)c4oc5c(F)cccc5c4C)CC3)c(F)c2)C(=O)O1. The van der Waals surface area contributed by atoms with E-state index in [-0.39, 0.29) is 35.6 Å². The van der Waals surface area contributed by atoms with Gasteiger partial charge in [-0.1, -0.05) is 23.9 Å². The number of hydrogen-bond acceptors (Lipinski definition) is 7. The lowest BCUT2D eigenvalue weighted by molar-refractivity contribution is 0.0715. The Morgan fingerprint density at radius 3 is 2.55 bits per heavy atom. The monoisotopic (exact) mass is 544 g/mol. The molecule has 12 heteroatoms. The fraction of sp³-hybridized carbons (Fsp3) is 0.346. The highest BCUT2D eigenvalue weighted by Gasteiger charge is 2.33. The van der Waals surface area contributed by atoms with Crippen molar-refractivity contribution in [3.05, 3.63) is 59.4 Å². The zero-order valence-corrected chi connectivity index (χ0v) is 21.6. The highest BCUT2D eigenvalue weighted by Crippen LogP contribution is 2.30. The molecule has 2 aromatic carbocycles. The number of carbonyl (C=O) groups excluding carboxylic acids is 3. The maximum absolute atomic E-state index is 15.1. The second-order valence-corrected chi connectivity index (χ2v) is 9.86. The Hall–Kier alpha value is -3.80. The predicted molar refractivity (Wildman–Crippen MR) is 140 cm³/mol. The molecule has 3 aromatic rings. The first-order valence-corrected chi connectivity index (χ1v) is 13.3. The first-order valence-electron chi connectivity index (χ1n) is 12.1. The van der Waals surface area contributed by atoms with Crippen molar-refractivity contribution in [3.8, 4) is 0 Å². The fourth-order valence-corrected chi connectivity index (χ4v) is 4.96. The molecule has 5 rings (SSSR count). The lowest BCUT2D eigenvalue weighted by Gasteiger charge is -2.36. The standard InChI is InChI=1S/C26H26F2N4O5S/c1-15-18-4-3-5-19(27)23(18)37-22(15)24(33)31-10-8-30(9-11-31)21-7-6-16(12-20(21)28)32-14-17(36-26(32)35)13-29-25(34)38-2/h3-7,12,17H,8-11,13-14H2,1-2H3,(H,29,34)/t17-/m0/s1. The molecule has 200 valence electrons. The fourth-order valence-electron chi connectivity index (χ4n) is 4.74. The average Bonchev–Trinajstić information content (AvgIpc) is 3.47. The Bertz CT molecular complexity index is 1410. The van der Waals surface area contributed by atoms with Crippen LogP contribution in [0.2, 0.25) is 0 Å².